The number of nitrogens with two attached hydrogens (primary N) is 1. The molecule has 1 saturated heterocycles. The van der Waals surface area contributed by atoms with Crippen molar-refractivity contribution in [2.24, 2.45) is 12.8 Å². The number of hydrogen-bond acceptors (Lipinski definition) is 8. The van der Waals surface area contributed by atoms with Gasteiger partial charge in [-0.15, -0.1) is 0 Å². The molecule has 1 aliphatic rings. The molecular weight excluding hydrogens is 505 g/mol. The zero-order valence-corrected chi connectivity index (χ0v) is 20.6. The Hall–Kier alpha value is -4.20. The Morgan fingerprint density at radius 2 is 1.92 bits per heavy atom. The van der Waals surface area contributed by atoms with Gasteiger partial charge in [-0.3, -0.25) is 14.3 Å². The molecule has 3 aromatic rings. The SMILES string of the molecule is C[C@@H]1[C@H](NC(=O)c2ccc([C@H](O)C(F)(F)F)cc2)CCCN1c1cnc(C(N)=O)c(Nc2cnn(C)c2)n1. The van der Waals surface area contributed by atoms with E-state index in [0.29, 0.717) is 24.5 Å². The van der Waals surface area contributed by atoms with E-state index in [2.05, 4.69) is 25.7 Å². The van der Waals surface area contributed by atoms with Gasteiger partial charge in [-0.1, -0.05) is 12.1 Å². The number of rotatable bonds is 7. The van der Waals surface area contributed by atoms with Gasteiger partial charge >= 0.3 is 6.18 Å². The number of carbonyl (C=O) groups excluding carboxylic acids is 2. The Bertz CT molecular complexity index is 1310. The largest absolute Gasteiger partial charge is 0.418 e. The van der Waals surface area contributed by atoms with Gasteiger partial charge in [0.1, 0.15) is 5.82 Å². The van der Waals surface area contributed by atoms with Crippen molar-refractivity contribution in [3.05, 3.63) is 59.7 Å². The highest BCUT2D eigenvalue weighted by Gasteiger charge is 2.39. The highest BCUT2D eigenvalue weighted by atomic mass is 19.4. The number of piperidine rings is 1. The lowest BCUT2D eigenvalue weighted by Crippen LogP contribution is -2.54. The minimum absolute atomic E-state index is 0.0359. The van der Waals surface area contributed by atoms with Gasteiger partial charge in [-0.2, -0.15) is 18.3 Å². The Kier molecular flexibility index (Phi) is 7.53. The fourth-order valence-corrected chi connectivity index (χ4v) is 4.33. The molecule has 11 nitrogen and oxygen atoms in total. The number of primary amides is 1. The van der Waals surface area contributed by atoms with Crippen molar-refractivity contribution in [1.29, 1.82) is 0 Å². The standard InChI is InChI=1S/C24H27F3N8O3/c1-13-17(32-23(38)15-7-5-14(6-8-15)20(36)24(25,26)27)4-3-9-35(13)18-11-29-19(21(28)37)22(33-18)31-16-10-30-34(2)12-16/h5-8,10-13,17,20,36H,3-4,9H2,1-2H3,(H2,28,37)(H,31,33)(H,32,38)/t13-,17-,20+/m1/s1. The van der Waals surface area contributed by atoms with E-state index in [9.17, 15) is 27.9 Å². The zero-order valence-electron chi connectivity index (χ0n) is 20.6. The predicted octanol–water partition coefficient (Wildman–Crippen LogP) is 2.44. The molecule has 0 saturated carbocycles. The van der Waals surface area contributed by atoms with Gasteiger partial charge in [0.05, 0.1) is 18.1 Å². The number of halogens is 3. The molecular formula is C24H27F3N8O3. The van der Waals surface area contributed by atoms with Crippen LogP contribution in [0.5, 0.6) is 0 Å². The molecule has 14 heteroatoms. The number of benzene rings is 1. The molecule has 1 fully saturated rings. The average molecular weight is 533 g/mol. The molecule has 1 aromatic carbocycles. The third-order valence-corrected chi connectivity index (χ3v) is 6.36. The first-order valence-corrected chi connectivity index (χ1v) is 11.8. The predicted molar refractivity (Wildman–Crippen MR) is 132 cm³/mol. The second-order valence-electron chi connectivity index (χ2n) is 9.04. The van der Waals surface area contributed by atoms with Gasteiger partial charge in [-0.05, 0) is 37.5 Å². The number of amides is 2. The summed E-state index contributed by atoms with van der Waals surface area (Å²) >= 11 is 0. The summed E-state index contributed by atoms with van der Waals surface area (Å²) in [5.74, 6) is -0.562. The van der Waals surface area contributed by atoms with Crippen molar-refractivity contribution < 1.29 is 27.9 Å². The van der Waals surface area contributed by atoms with Crippen LogP contribution in [0.4, 0.5) is 30.5 Å². The molecule has 3 atom stereocenters. The number of nitrogens with zero attached hydrogens (tertiary/aromatic N) is 5. The Morgan fingerprint density at radius 3 is 2.53 bits per heavy atom. The van der Waals surface area contributed by atoms with Gasteiger partial charge in [0.25, 0.3) is 11.8 Å². The molecule has 3 heterocycles. The number of alkyl halides is 3. The van der Waals surface area contributed by atoms with Crippen molar-refractivity contribution in [2.75, 3.05) is 16.8 Å². The fourth-order valence-electron chi connectivity index (χ4n) is 4.33. The highest BCUT2D eigenvalue weighted by molar-refractivity contribution is 5.96. The quantitative estimate of drug-likeness (QED) is 0.362. The Balaban J connectivity index is 1.49. The molecule has 38 heavy (non-hydrogen) atoms. The van der Waals surface area contributed by atoms with E-state index in [0.717, 1.165) is 18.6 Å². The molecule has 0 spiro atoms. The van der Waals surface area contributed by atoms with Crippen molar-refractivity contribution in [3.8, 4) is 0 Å². The van der Waals surface area contributed by atoms with E-state index in [1.54, 1.807) is 24.1 Å². The third-order valence-electron chi connectivity index (χ3n) is 6.36. The van der Waals surface area contributed by atoms with Gasteiger partial charge in [0, 0.05) is 37.4 Å². The number of nitrogens with one attached hydrogen (secondary N) is 2. The van der Waals surface area contributed by atoms with Gasteiger partial charge in [0.2, 0.25) is 0 Å². The van der Waals surface area contributed by atoms with Crippen LogP contribution in [0.15, 0.2) is 42.9 Å². The molecule has 0 aliphatic carbocycles. The highest BCUT2D eigenvalue weighted by Crippen LogP contribution is 2.32. The van der Waals surface area contributed by atoms with Gasteiger partial charge in [0.15, 0.2) is 17.6 Å². The van der Waals surface area contributed by atoms with Crippen LogP contribution in [0.3, 0.4) is 0 Å². The normalized spacial score (nSPS) is 18.6. The molecule has 2 aromatic heterocycles. The maximum absolute atomic E-state index is 12.8. The Labute approximate surface area is 215 Å². The third kappa shape index (κ3) is 5.85. The second-order valence-corrected chi connectivity index (χ2v) is 9.04. The lowest BCUT2D eigenvalue weighted by molar-refractivity contribution is -0.206. The number of aromatic nitrogens is 4. The van der Waals surface area contributed by atoms with Crippen LogP contribution in [0.25, 0.3) is 0 Å². The van der Waals surface area contributed by atoms with Crippen molar-refractivity contribution in [2.45, 2.75) is 44.1 Å². The second kappa shape index (κ2) is 10.7. The first-order chi connectivity index (χ1) is 17.9. The minimum atomic E-state index is -4.79. The molecule has 5 N–H and O–H groups in total. The first-order valence-electron chi connectivity index (χ1n) is 11.8. The summed E-state index contributed by atoms with van der Waals surface area (Å²) in [5.41, 5.74) is 5.85. The number of carbonyl (C=O) groups is 2. The molecule has 202 valence electrons. The van der Waals surface area contributed by atoms with Crippen LogP contribution in [-0.2, 0) is 7.05 Å². The fraction of sp³-hybridized carbons (Fsp3) is 0.375. The smallest absolute Gasteiger partial charge is 0.379 e. The summed E-state index contributed by atoms with van der Waals surface area (Å²) in [6, 6.07) is 4.13. The summed E-state index contributed by atoms with van der Waals surface area (Å²) in [6.07, 6.45) is -1.32. The van der Waals surface area contributed by atoms with E-state index in [1.165, 1.54) is 18.3 Å². The summed E-state index contributed by atoms with van der Waals surface area (Å²) in [7, 11) is 1.74. The van der Waals surface area contributed by atoms with Crippen LogP contribution in [-0.4, -0.2) is 61.5 Å². The molecule has 0 bridgehead atoms. The first kappa shape index (κ1) is 26.9. The van der Waals surface area contributed by atoms with Crippen LogP contribution < -0.4 is 21.3 Å². The van der Waals surface area contributed by atoms with Crippen LogP contribution in [0, 0.1) is 0 Å². The van der Waals surface area contributed by atoms with Gasteiger partial charge < -0.3 is 26.4 Å². The van der Waals surface area contributed by atoms with E-state index >= 15 is 0 Å². The molecule has 2 amide bonds. The van der Waals surface area contributed by atoms with Crippen molar-refractivity contribution in [1.82, 2.24) is 25.1 Å². The number of hydrogen-bond donors (Lipinski definition) is 4. The maximum Gasteiger partial charge on any atom is 0.418 e. The minimum Gasteiger partial charge on any atom is -0.379 e. The lowest BCUT2D eigenvalue weighted by atomic mass is 9.96. The average Bonchev–Trinajstić information content (AvgIpc) is 3.28. The lowest BCUT2D eigenvalue weighted by Gasteiger charge is -2.40. The van der Waals surface area contributed by atoms with E-state index in [4.69, 9.17) is 5.73 Å². The van der Waals surface area contributed by atoms with E-state index in [-0.39, 0.29) is 34.7 Å². The number of anilines is 3. The summed E-state index contributed by atoms with van der Waals surface area (Å²) in [5, 5.41) is 19.4. The van der Waals surface area contributed by atoms with Gasteiger partial charge in [-0.25, -0.2) is 9.97 Å². The molecule has 1 aliphatic heterocycles. The molecule has 0 radical (unpaired) electrons. The van der Waals surface area contributed by atoms with E-state index < -0.39 is 24.1 Å². The Morgan fingerprint density at radius 1 is 1.21 bits per heavy atom. The van der Waals surface area contributed by atoms with E-state index in [1.807, 2.05) is 11.8 Å². The van der Waals surface area contributed by atoms with Crippen LogP contribution in [0.1, 0.15) is 52.3 Å². The number of aliphatic hydroxyl groups excluding tert-OH is 1. The molecule has 0 unspecified atom stereocenters. The monoisotopic (exact) mass is 532 g/mol. The molecule has 4 rings (SSSR count). The van der Waals surface area contributed by atoms with Crippen LogP contribution >= 0.6 is 0 Å². The van der Waals surface area contributed by atoms with Crippen molar-refractivity contribution in [3.63, 3.8) is 0 Å². The van der Waals surface area contributed by atoms with Crippen LogP contribution in [0.2, 0.25) is 0 Å². The van der Waals surface area contributed by atoms with Crippen molar-refractivity contribution >= 4 is 29.1 Å². The maximum atomic E-state index is 12.8. The topological polar surface area (TPSA) is 151 Å². The summed E-state index contributed by atoms with van der Waals surface area (Å²) < 4.78 is 39.8. The number of aliphatic hydroxyl groups is 1. The summed E-state index contributed by atoms with van der Waals surface area (Å²) in [6.45, 7) is 2.53. The summed E-state index contributed by atoms with van der Waals surface area (Å²) in [4.78, 5) is 35.5. The zero-order chi connectivity index (χ0) is 27.6. The number of aryl methyl sites for hydroxylation is 1.